The van der Waals surface area contributed by atoms with Crippen LogP contribution in [-0.2, 0) is 4.79 Å². The van der Waals surface area contributed by atoms with Crippen molar-refractivity contribution in [2.24, 2.45) is 0 Å². The summed E-state index contributed by atoms with van der Waals surface area (Å²) in [6.07, 6.45) is 1.28. The molecule has 1 fully saturated rings. The molecule has 2 rings (SSSR count). The van der Waals surface area contributed by atoms with Gasteiger partial charge in [0.15, 0.2) is 6.10 Å². The normalized spacial score (nSPS) is 16.0. The van der Waals surface area contributed by atoms with Gasteiger partial charge in [0.2, 0.25) is 0 Å². The number of halogens is 1. The van der Waals surface area contributed by atoms with E-state index < -0.39 is 11.0 Å². The molecule has 0 aliphatic carbocycles. The number of non-ortho nitro benzene ring substituents is 1. The molecule has 1 saturated heterocycles. The van der Waals surface area contributed by atoms with Crippen LogP contribution in [0.4, 0.5) is 5.69 Å². The Bertz CT molecular complexity index is 529. The minimum atomic E-state index is -0.715. The Morgan fingerprint density at radius 2 is 2.10 bits per heavy atom. The zero-order chi connectivity index (χ0) is 14.7. The zero-order valence-corrected chi connectivity index (χ0v) is 11.8. The first-order valence-corrected chi connectivity index (χ1v) is 6.76. The largest absolute Gasteiger partial charge is 0.479 e. The Balaban J connectivity index is 2.10. The predicted molar refractivity (Wildman–Crippen MR) is 74.0 cm³/mol. The zero-order valence-electron chi connectivity index (χ0n) is 11.0. The first-order chi connectivity index (χ1) is 9.49. The van der Waals surface area contributed by atoms with Crippen LogP contribution in [0.15, 0.2) is 18.2 Å². The molecule has 7 heteroatoms. The highest BCUT2D eigenvalue weighted by Gasteiger charge is 2.25. The molecule has 0 radical (unpaired) electrons. The number of hydrogen-bond acceptors (Lipinski definition) is 4. The Morgan fingerprint density at radius 1 is 1.45 bits per heavy atom. The summed E-state index contributed by atoms with van der Waals surface area (Å²) in [5.74, 6) is 0.0333. The number of ether oxygens (including phenoxy) is 1. The van der Waals surface area contributed by atoms with Crippen LogP contribution in [0, 0.1) is 10.1 Å². The van der Waals surface area contributed by atoms with Crippen LogP contribution in [0.1, 0.15) is 19.8 Å². The number of amides is 1. The summed E-state index contributed by atoms with van der Waals surface area (Å²) >= 11 is 5.94. The average Bonchev–Trinajstić information content (AvgIpc) is 2.94. The predicted octanol–water partition coefficient (Wildman–Crippen LogP) is 2.64. The maximum Gasteiger partial charge on any atom is 0.273 e. The number of hydrogen-bond donors (Lipinski definition) is 0. The lowest BCUT2D eigenvalue weighted by atomic mass is 10.3. The number of carbonyl (C=O) groups excluding carboxylic acids is 1. The van der Waals surface area contributed by atoms with E-state index in [1.165, 1.54) is 18.2 Å². The second kappa shape index (κ2) is 6.09. The minimum absolute atomic E-state index is 0.120. The molecule has 1 aliphatic rings. The number of nitrogens with zero attached hydrogens (tertiary/aromatic N) is 2. The maximum absolute atomic E-state index is 12.1. The van der Waals surface area contributed by atoms with Crippen molar-refractivity contribution in [2.45, 2.75) is 25.9 Å². The Hall–Kier alpha value is -1.82. The summed E-state index contributed by atoms with van der Waals surface area (Å²) in [5.41, 5.74) is -0.120. The van der Waals surface area contributed by atoms with Crippen LogP contribution in [-0.4, -0.2) is 34.9 Å². The summed E-state index contributed by atoms with van der Waals surface area (Å²) < 4.78 is 5.48. The summed E-state index contributed by atoms with van der Waals surface area (Å²) in [4.78, 5) is 24.0. The average molecular weight is 299 g/mol. The fourth-order valence-electron chi connectivity index (χ4n) is 2.13. The van der Waals surface area contributed by atoms with Crippen LogP contribution in [0.5, 0.6) is 5.75 Å². The third-order valence-corrected chi connectivity index (χ3v) is 3.51. The fourth-order valence-corrected chi connectivity index (χ4v) is 2.29. The number of nitro benzene ring substituents is 1. The van der Waals surface area contributed by atoms with Gasteiger partial charge in [-0.25, -0.2) is 0 Å². The molecule has 6 nitrogen and oxygen atoms in total. The molecule has 0 bridgehead atoms. The summed E-state index contributed by atoms with van der Waals surface area (Å²) in [6, 6.07) is 3.92. The fraction of sp³-hybridized carbons (Fsp3) is 0.462. The molecule has 1 atom stereocenters. The third-order valence-electron chi connectivity index (χ3n) is 3.19. The quantitative estimate of drug-likeness (QED) is 0.633. The second-order valence-corrected chi connectivity index (χ2v) is 5.07. The molecule has 1 aliphatic heterocycles. The molecule has 20 heavy (non-hydrogen) atoms. The van der Waals surface area contributed by atoms with Gasteiger partial charge in [-0.2, -0.15) is 0 Å². The molecule has 0 aromatic heterocycles. The maximum atomic E-state index is 12.1. The second-order valence-electron chi connectivity index (χ2n) is 4.66. The van der Waals surface area contributed by atoms with E-state index in [2.05, 4.69) is 0 Å². The number of benzene rings is 1. The summed E-state index contributed by atoms with van der Waals surface area (Å²) in [7, 11) is 0. The summed E-state index contributed by atoms with van der Waals surface area (Å²) in [6.45, 7) is 3.08. The molecule has 1 aromatic carbocycles. The van der Waals surface area contributed by atoms with E-state index in [1.807, 2.05) is 0 Å². The van der Waals surface area contributed by atoms with Crippen LogP contribution in [0.2, 0.25) is 5.02 Å². The lowest BCUT2D eigenvalue weighted by Gasteiger charge is -2.21. The van der Waals surface area contributed by atoms with Gasteiger partial charge in [0.25, 0.3) is 11.6 Å². The molecule has 108 valence electrons. The van der Waals surface area contributed by atoms with Crippen LogP contribution in [0.25, 0.3) is 0 Å². The highest BCUT2D eigenvalue weighted by Crippen LogP contribution is 2.30. The Kier molecular flexibility index (Phi) is 4.44. The van der Waals surface area contributed by atoms with Crippen molar-refractivity contribution in [3.8, 4) is 5.75 Å². The van der Waals surface area contributed by atoms with Gasteiger partial charge in [0.05, 0.1) is 16.0 Å². The van der Waals surface area contributed by atoms with Gasteiger partial charge >= 0.3 is 0 Å². The van der Waals surface area contributed by atoms with Crippen LogP contribution < -0.4 is 4.74 Å². The van der Waals surface area contributed by atoms with E-state index in [1.54, 1.807) is 11.8 Å². The highest BCUT2D eigenvalue weighted by atomic mass is 35.5. The van der Waals surface area contributed by atoms with Gasteiger partial charge in [-0.3, -0.25) is 14.9 Å². The lowest BCUT2D eigenvalue weighted by Crippen LogP contribution is -2.38. The first-order valence-electron chi connectivity index (χ1n) is 6.38. The van der Waals surface area contributed by atoms with Crippen molar-refractivity contribution in [2.75, 3.05) is 13.1 Å². The number of nitro groups is 1. The molecule has 1 amide bonds. The van der Waals surface area contributed by atoms with Gasteiger partial charge < -0.3 is 9.64 Å². The van der Waals surface area contributed by atoms with E-state index in [0.717, 1.165) is 25.9 Å². The van der Waals surface area contributed by atoms with Gasteiger partial charge in [0.1, 0.15) is 5.75 Å². The third kappa shape index (κ3) is 3.19. The van der Waals surface area contributed by atoms with Crippen molar-refractivity contribution < 1.29 is 14.5 Å². The van der Waals surface area contributed by atoms with Crippen molar-refractivity contribution in [3.63, 3.8) is 0 Å². The number of rotatable bonds is 4. The molecule has 0 spiro atoms. The topological polar surface area (TPSA) is 72.7 Å². The molecule has 0 saturated carbocycles. The monoisotopic (exact) mass is 298 g/mol. The lowest BCUT2D eigenvalue weighted by molar-refractivity contribution is -0.384. The Labute approximate surface area is 121 Å². The number of likely N-dealkylation sites (tertiary alicyclic amines) is 1. The molecule has 0 N–H and O–H groups in total. The molecular formula is C13H15ClN2O4. The van der Waals surface area contributed by atoms with E-state index in [-0.39, 0.29) is 22.4 Å². The molecule has 1 aromatic rings. The van der Waals surface area contributed by atoms with Gasteiger partial charge in [-0.15, -0.1) is 0 Å². The van der Waals surface area contributed by atoms with E-state index in [9.17, 15) is 14.9 Å². The molecule has 1 unspecified atom stereocenters. The van der Waals surface area contributed by atoms with Crippen molar-refractivity contribution in [1.29, 1.82) is 0 Å². The van der Waals surface area contributed by atoms with Crippen LogP contribution in [0.3, 0.4) is 0 Å². The van der Waals surface area contributed by atoms with E-state index >= 15 is 0 Å². The van der Waals surface area contributed by atoms with Crippen LogP contribution >= 0.6 is 11.6 Å². The van der Waals surface area contributed by atoms with Gasteiger partial charge in [-0.05, 0) is 25.8 Å². The first kappa shape index (κ1) is 14.6. The van der Waals surface area contributed by atoms with Gasteiger partial charge in [0, 0.05) is 19.2 Å². The van der Waals surface area contributed by atoms with Gasteiger partial charge in [-0.1, -0.05) is 11.6 Å². The smallest absolute Gasteiger partial charge is 0.273 e. The SMILES string of the molecule is CC(Oc1cc([N+](=O)[O-])ccc1Cl)C(=O)N1CCCC1. The van der Waals surface area contributed by atoms with Crippen molar-refractivity contribution >= 4 is 23.2 Å². The minimum Gasteiger partial charge on any atom is -0.479 e. The van der Waals surface area contributed by atoms with Crippen molar-refractivity contribution in [3.05, 3.63) is 33.3 Å². The standard InChI is InChI=1S/C13H15ClN2O4/c1-9(13(17)15-6-2-3-7-15)20-12-8-10(16(18)19)4-5-11(12)14/h4-5,8-9H,2-3,6-7H2,1H3. The number of carbonyl (C=O) groups is 1. The van der Waals surface area contributed by atoms with Crippen molar-refractivity contribution in [1.82, 2.24) is 4.90 Å². The van der Waals surface area contributed by atoms with E-state index in [0.29, 0.717) is 0 Å². The Morgan fingerprint density at radius 3 is 2.70 bits per heavy atom. The molecular weight excluding hydrogens is 284 g/mol. The molecule has 1 heterocycles. The summed E-state index contributed by atoms with van der Waals surface area (Å²) in [5, 5.41) is 11.0. The highest BCUT2D eigenvalue weighted by molar-refractivity contribution is 6.32. The van der Waals surface area contributed by atoms with E-state index in [4.69, 9.17) is 16.3 Å².